The number of carbonyl (C=O) groups is 1. The summed E-state index contributed by atoms with van der Waals surface area (Å²) in [6, 6.07) is 12.8. The molecule has 1 aromatic heterocycles. The van der Waals surface area contributed by atoms with Crippen LogP contribution in [0.1, 0.15) is 0 Å². The van der Waals surface area contributed by atoms with E-state index in [9.17, 15) is 19.7 Å². The number of anilines is 1. The Morgan fingerprint density at radius 2 is 1.85 bits per heavy atom. The highest BCUT2D eigenvalue weighted by Gasteiger charge is 2.09. The van der Waals surface area contributed by atoms with Crippen molar-refractivity contribution in [3.63, 3.8) is 0 Å². The number of aromatic nitrogens is 3. The molecule has 0 aliphatic carbocycles. The number of hydrogen-bond donors (Lipinski definition) is 2. The summed E-state index contributed by atoms with van der Waals surface area (Å²) in [4.78, 5) is 34.4. The highest BCUT2D eigenvalue weighted by atomic mass is 16.6. The quantitative estimate of drug-likeness (QED) is 0.360. The smallest absolute Gasteiger partial charge is 0.278 e. The van der Waals surface area contributed by atoms with Gasteiger partial charge in [0.2, 0.25) is 5.91 Å². The predicted octanol–water partition coefficient (Wildman–Crippen LogP) is 0.928. The molecule has 3 aromatic rings. The molecule has 0 unspecified atom stereocenters. The summed E-state index contributed by atoms with van der Waals surface area (Å²) in [5.41, 5.74) is 0.813. The molecule has 0 bridgehead atoms. The van der Waals surface area contributed by atoms with Gasteiger partial charge in [-0.1, -0.05) is 17.3 Å². The second-order valence-corrected chi connectivity index (χ2v) is 5.65. The first-order valence-corrected chi connectivity index (χ1v) is 8.12. The molecule has 0 aliphatic rings. The lowest BCUT2D eigenvalue weighted by molar-refractivity contribution is -0.384. The minimum absolute atomic E-state index is 0.00999. The zero-order valence-electron chi connectivity index (χ0n) is 14.2. The van der Waals surface area contributed by atoms with Gasteiger partial charge >= 0.3 is 0 Å². The number of nitrogens with zero attached hydrogens (tertiary/aromatic N) is 4. The Morgan fingerprint density at radius 1 is 1.11 bits per heavy atom. The molecular weight excluding hydrogens is 352 g/mol. The Morgan fingerprint density at radius 3 is 2.59 bits per heavy atom. The predicted molar refractivity (Wildman–Crippen MR) is 98.4 cm³/mol. The molecule has 10 nitrogen and oxygen atoms in total. The molecular formula is C17H16N6O4. The molecule has 0 saturated carbocycles. The van der Waals surface area contributed by atoms with Gasteiger partial charge in [-0.05, 0) is 24.3 Å². The summed E-state index contributed by atoms with van der Waals surface area (Å²) in [6.45, 7) is 0.502. The number of fused-ring (bicyclic) bond motifs is 1. The first-order valence-electron chi connectivity index (χ1n) is 8.12. The standard InChI is InChI=1S/C17H16N6O4/c24-16(11-22-17(25)14-3-1-2-4-15(14)20-21-22)19-10-9-18-12-5-7-13(8-6-12)23(26)27/h1-8,18H,9-11H2,(H,19,24). The lowest BCUT2D eigenvalue weighted by Gasteiger charge is -2.08. The minimum atomic E-state index is -0.471. The van der Waals surface area contributed by atoms with Crippen molar-refractivity contribution in [2.45, 2.75) is 6.54 Å². The highest BCUT2D eigenvalue weighted by Crippen LogP contribution is 2.14. The van der Waals surface area contributed by atoms with Gasteiger partial charge in [0.25, 0.3) is 11.2 Å². The van der Waals surface area contributed by atoms with Gasteiger partial charge in [0, 0.05) is 30.9 Å². The van der Waals surface area contributed by atoms with Crippen molar-refractivity contribution in [3.05, 3.63) is 69.0 Å². The Balaban J connectivity index is 1.49. The SMILES string of the molecule is O=C(Cn1nnc2ccccc2c1=O)NCCNc1ccc([N+](=O)[O-])cc1. The lowest BCUT2D eigenvalue weighted by Crippen LogP contribution is -2.36. The van der Waals surface area contributed by atoms with E-state index in [0.29, 0.717) is 29.7 Å². The van der Waals surface area contributed by atoms with Crippen molar-refractivity contribution >= 4 is 28.2 Å². The molecule has 27 heavy (non-hydrogen) atoms. The van der Waals surface area contributed by atoms with Gasteiger partial charge in [-0.15, -0.1) is 5.10 Å². The van der Waals surface area contributed by atoms with E-state index in [1.54, 1.807) is 36.4 Å². The van der Waals surface area contributed by atoms with Gasteiger partial charge in [0.1, 0.15) is 12.1 Å². The Bertz CT molecular complexity index is 1030. The van der Waals surface area contributed by atoms with Crippen molar-refractivity contribution < 1.29 is 9.72 Å². The van der Waals surface area contributed by atoms with E-state index in [-0.39, 0.29) is 23.7 Å². The molecule has 10 heteroatoms. The fraction of sp³-hybridized carbons (Fsp3) is 0.176. The van der Waals surface area contributed by atoms with Crippen LogP contribution < -0.4 is 16.2 Å². The largest absolute Gasteiger partial charge is 0.383 e. The van der Waals surface area contributed by atoms with E-state index in [4.69, 9.17) is 0 Å². The summed E-state index contributed by atoms with van der Waals surface area (Å²) >= 11 is 0. The number of nitro benzene ring substituents is 1. The molecule has 0 fully saturated rings. The molecule has 0 saturated heterocycles. The summed E-state index contributed by atoms with van der Waals surface area (Å²) in [5.74, 6) is -0.368. The van der Waals surface area contributed by atoms with Crippen LogP contribution in [0.25, 0.3) is 10.9 Å². The fourth-order valence-electron chi connectivity index (χ4n) is 2.43. The van der Waals surface area contributed by atoms with Crippen molar-refractivity contribution in [3.8, 4) is 0 Å². The van der Waals surface area contributed by atoms with Gasteiger partial charge in [-0.3, -0.25) is 19.7 Å². The van der Waals surface area contributed by atoms with E-state index in [1.807, 2.05) is 0 Å². The average Bonchev–Trinajstić information content (AvgIpc) is 2.68. The maximum atomic E-state index is 12.3. The third kappa shape index (κ3) is 4.42. The second-order valence-electron chi connectivity index (χ2n) is 5.65. The number of nitro groups is 1. The van der Waals surface area contributed by atoms with Crippen LogP contribution >= 0.6 is 0 Å². The number of non-ortho nitro benzene ring substituents is 1. The monoisotopic (exact) mass is 368 g/mol. The summed E-state index contributed by atoms with van der Waals surface area (Å²) in [7, 11) is 0. The van der Waals surface area contributed by atoms with Crippen LogP contribution in [-0.2, 0) is 11.3 Å². The number of nitrogens with one attached hydrogen (secondary N) is 2. The molecule has 138 valence electrons. The minimum Gasteiger partial charge on any atom is -0.383 e. The van der Waals surface area contributed by atoms with Crippen LogP contribution in [-0.4, -0.2) is 38.9 Å². The normalized spacial score (nSPS) is 10.5. The molecule has 0 radical (unpaired) electrons. The zero-order chi connectivity index (χ0) is 19.2. The zero-order valence-corrected chi connectivity index (χ0v) is 14.2. The van der Waals surface area contributed by atoms with Gasteiger partial charge in [-0.2, -0.15) is 0 Å². The van der Waals surface area contributed by atoms with Crippen LogP contribution in [0.3, 0.4) is 0 Å². The molecule has 2 N–H and O–H groups in total. The molecule has 1 heterocycles. The number of rotatable bonds is 7. The second kappa shape index (κ2) is 8.04. The van der Waals surface area contributed by atoms with E-state index < -0.39 is 4.92 Å². The summed E-state index contributed by atoms with van der Waals surface area (Å²) in [6.07, 6.45) is 0. The number of carbonyl (C=O) groups excluding carboxylic acids is 1. The maximum absolute atomic E-state index is 12.3. The van der Waals surface area contributed by atoms with E-state index in [1.165, 1.54) is 12.1 Å². The van der Waals surface area contributed by atoms with Gasteiger partial charge in [-0.25, -0.2) is 4.68 Å². The third-order valence-electron chi connectivity index (χ3n) is 3.78. The van der Waals surface area contributed by atoms with E-state index in [0.717, 1.165) is 4.68 Å². The number of benzene rings is 2. The lowest BCUT2D eigenvalue weighted by atomic mass is 10.2. The van der Waals surface area contributed by atoms with E-state index in [2.05, 4.69) is 20.9 Å². The topological polar surface area (TPSA) is 132 Å². The molecule has 0 atom stereocenters. The average molecular weight is 368 g/mol. The van der Waals surface area contributed by atoms with Gasteiger partial charge in [0.05, 0.1) is 10.3 Å². The van der Waals surface area contributed by atoms with Crippen LogP contribution in [0.5, 0.6) is 0 Å². The van der Waals surface area contributed by atoms with E-state index >= 15 is 0 Å². The molecule has 0 spiro atoms. The van der Waals surface area contributed by atoms with Crippen LogP contribution in [0.4, 0.5) is 11.4 Å². The summed E-state index contributed by atoms with van der Waals surface area (Å²) in [5, 5.41) is 24.4. The van der Waals surface area contributed by atoms with Crippen LogP contribution in [0, 0.1) is 10.1 Å². The molecule has 1 amide bonds. The fourth-order valence-corrected chi connectivity index (χ4v) is 2.43. The molecule has 0 aliphatic heterocycles. The Kier molecular flexibility index (Phi) is 5.36. The van der Waals surface area contributed by atoms with Gasteiger partial charge in [0.15, 0.2) is 0 Å². The molecule has 2 aromatic carbocycles. The van der Waals surface area contributed by atoms with Crippen LogP contribution in [0.2, 0.25) is 0 Å². The van der Waals surface area contributed by atoms with Crippen molar-refractivity contribution in [2.75, 3.05) is 18.4 Å². The Hall–Kier alpha value is -3.82. The highest BCUT2D eigenvalue weighted by molar-refractivity contribution is 5.78. The van der Waals surface area contributed by atoms with Crippen molar-refractivity contribution in [2.24, 2.45) is 0 Å². The first-order chi connectivity index (χ1) is 13.0. The van der Waals surface area contributed by atoms with Crippen LogP contribution in [0.15, 0.2) is 53.3 Å². The molecule has 3 rings (SSSR count). The number of amides is 1. The number of hydrogen-bond acceptors (Lipinski definition) is 7. The van der Waals surface area contributed by atoms with Crippen molar-refractivity contribution in [1.29, 1.82) is 0 Å². The third-order valence-corrected chi connectivity index (χ3v) is 3.78. The van der Waals surface area contributed by atoms with Gasteiger partial charge < -0.3 is 10.6 Å². The summed E-state index contributed by atoms with van der Waals surface area (Å²) < 4.78 is 1.02. The Labute approximate surface area is 153 Å². The maximum Gasteiger partial charge on any atom is 0.278 e. The van der Waals surface area contributed by atoms with Crippen molar-refractivity contribution in [1.82, 2.24) is 20.3 Å². The first kappa shape index (κ1) is 18.0.